The Hall–Kier alpha value is -3.70. The highest BCUT2D eigenvalue weighted by atomic mass is 35.5. The maximum Gasteiger partial charge on any atom is 0.269 e. The quantitative estimate of drug-likeness (QED) is 0.193. The Bertz CT molecular complexity index is 1180. The number of halogens is 1. The minimum absolute atomic E-state index is 0.0428. The zero-order valence-electron chi connectivity index (χ0n) is 17.2. The van der Waals surface area contributed by atoms with Gasteiger partial charge in [0.2, 0.25) is 5.91 Å². The van der Waals surface area contributed by atoms with Crippen molar-refractivity contribution in [3.63, 3.8) is 0 Å². The molecule has 1 heterocycles. The van der Waals surface area contributed by atoms with Crippen LogP contribution in [0.15, 0.2) is 66.3 Å². The average molecular weight is 487 g/mol. The minimum Gasteiger partial charge on any atom is -0.345 e. The number of nitro benzene ring substituents is 1. The van der Waals surface area contributed by atoms with Gasteiger partial charge in [-0.05, 0) is 30.3 Å². The van der Waals surface area contributed by atoms with Gasteiger partial charge in [-0.1, -0.05) is 35.5 Å². The second-order valence-corrected chi connectivity index (χ2v) is 8.01. The van der Waals surface area contributed by atoms with Crippen LogP contribution in [0.5, 0.6) is 0 Å². The molecular formula is C21H19ClN6O4S. The third-order valence-electron chi connectivity index (χ3n) is 4.29. The van der Waals surface area contributed by atoms with Gasteiger partial charge in [0, 0.05) is 35.0 Å². The fourth-order valence-corrected chi connectivity index (χ4v) is 3.71. The van der Waals surface area contributed by atoms with Gasteiger partial charge in [0.25, 0.3) is 11.6 Å². The number of rotatable bonds is 10. The number of non-ortho nitro benzene ring substituents is 1. The summed E-state index contributed by atoms with van der Waals surface area (Å²) < 4.78 is 1.75. The number of nitro groups is 1. The van der Waals surface area contributed by atoms with E-state index >= 15 is 0 Å². The van der Waals surface area contributed by atoms with Crippen molar-refractivity contribution in [1.29, 1.82) is 0 Å². The summed E-state index contributed by atoms with van der Waals surface area (Å²) in [5, 5.41) is 25.3. The topological polar surface area (TPSA) is 132 Å². The molecule has 3 aromatic rings. The smallest absolute Gasteiger partial charge is 0.269 e. The molecule has 0 aliphatic rings. The molecule has 0 radical (unpaired) electrons. The number of aromatic nitrogens is 3. The number of thioether (sulfide) groups is 1. The number of anilines is 1. The van der Waals surface area contributed by atoms with Crippen molar-refractivity contribution in [2.45, 2.75) is 18.2 Å². The van der Waals surface area contributed by atoms with E-state index in [9.17, 15) is 19.7 Å². The first kappa shape index (κ1) is 24.0. The van der Waals surface area contributed by atoms with Gasteiger partial charge in [0.05, 0.1) is 17.2 Å². The lowest BCUT2D eigenvalue weighted by Crippen LogP contribution is -2.24. The number of carbonyl (C=O) groups is 2. The number of amides is 2. The molecule has 2 aromatic carbocycles. The minimum atomic E-state index is -0.511. The number of nitrogens with zero attached hydrogens (tertiary/aromatic N) is 4. The van der Waals surface area contributed by atoms with E-state index in [0.717, 1.165) is 0 Å². The highest BCUT2D eigenvalue weighted by Gasteiger charge is 2.15. The Morgan fingerprint density at radius 3 is 2.64 bits per heavy atom. The van der Waals surface area contributed by atoms with Crippen molar-refractivity contribution in [1.82, 2.24) is 20.1 Å². The molecule has 33 heavy (non-hydrogen) atoms. The predicted molar refractivity (Wildman–Crippen MR) is 125 cm³/mol. The van der Waals surface area contributed by atoms with Crippen LogP contribution in [0.4, 0.5) is 11.4 Å². The van der Waals surface area contributed by atoms with E-state index in [1.165, 1.54) is 36.0 Å². The molecule has 10 nitrogen and oxygen atoms in total. The molecule has 0 fully saturated rings. The van der Waals surface area contributed by atoms with Gasteiger partial charge >= 0.3 is 0 Å². The summed E-state index contributed by atoms with van der Waals surface area (Å²) in [6.07, 6.45) is 1.66. The van der Waals surface area contributed by atoms with E-state index in [1.807, 2.05) is 0 Å². The van der Waals surface area contributed by atoms with Crippen LogP contribution in [0.1, 0.15) is 16.2 Å². The monoisotopic (exact) mass is 486 g/mol. The average Bonchev–Trinajstić information content (AvgIpc) is 3.18. The zero-order chi connectivity index (χ0) is 23.8. The Kier molecular flexibility index (Phi) is 8.17. The van der Waals surface area contributed by atoms with Crippen LogP contribution >= 0.6 is 23.4 Å². The van der Waals surface area contributed by atoms with Gasteiger partial charge in [-0.3, -0.25) is 19.7 Å². The van der Waals surface area contributed by atoms with Crippen molar-refractivity contribution in [2.75, 3.05) is 11.1 Å². The zero-order valence-corrected chi connectivity index (χ0v) is 18.8. The van der Waals surface area contributed by atoms with E-state index in [-0.39, 0.29) is 29.8 Å². The second kappa shape index (κ2) is 11.2. The van der Waals surface area contributed by atoms with Crippen molar-refractivity contribution in [2.24, 2.45) is 0 Å². The summed E-state index contributed by atoms with van der Waals surface area (Å²) in [5.74, 6) is -0.0649. The summed E-state index contributed by atoms with van der Waals surface area (Å²) >= 11 is 7.09. The number of benzene rings is 2. The third kappa shape index (κ3) is 6.64. The Balaban J connectivity index is 1.59. The Morgan fingerprint density at radius 1 is 1.21 bits per heavy atom. The van der Waals surface area contributed by atoms with Crippen LogP contribution in [0.3, 0.4) is 0 Å². The van der Waals surface area contributed by atoms with Crippen LogP contribution in [-0.2, 0) is 17.9 Å². The first-order valence-corrected chi connectivity index (χ1v) is 11.0. The molecule has 0 bridgehead atoms. The molecule has 0 spiro atoms. The van der Waals surface area contributed by atoms with Gasteiger partial charge in [0.15, 0.2) is 11.0 Å². The lowest BCUT2D eigenvalue weighted by molar-refractivity contribution is -0.384. The molecule has 0 unspecified atom stereocenters. The standard InChI is InChI=1S/C21H19ClN6O4S/c1-2-10-27-18(12-23-20(30)14-4-3-5-15(22)11-14)25-26-21(27)33-13-19(29)24-16-6-8-17(9-7-16)28(31)32/h2-9,11H,1,10,12-13H2,(H,23,30)(H,24,29). The first-order chi connectivity index (χ1) is 15.9. The molecule has 0 saturated heterocycles. The van der Waals surface area contributed by atoms with E-state index in [1.54, 1.807) is 34.9 Å². The molecule has 0 aliphatic carbocycles. The maximum atomic E-state index is 12.4. The summed E-state index contributed by atoms with van der Waals surface area (Å²) in [4.78, 5) is 34.8. The number of carbonyl (C=O) groups excluding carboxylic acids is 2. The van der Waals surface area contributed by atoms with Gasteiger partial charge in [-0.2, -0.15) is 0 Å². The van der Waals surface area contributed by atoms with Gasteiger partial charge < -0.3 is 15.2 Å². The van der Waals surface area contributed by atoms with Crippen LogP contribution in [0, 0.1) is 10.1 Å². The fourth-order valence-electron chi connectivity index (χ4n) is 2.75. The molecule has 3 rings (SSSR count). The van der Waals surface area contributed by atoms with E-state index in [2.05, 4.69) is 27.4 Å². The van der Waals surface area contributed by atoms with Gasteiger partial charge in [-0.15, -0.1) is 16.8 Å². The van der Waals surface area contributed by atoms with E-state index in [4.69, 9.17) is 11.6 Å². The van der Waals surface area contributed by atoms with Crippen molar-refractivity contribution in [3.8, 4) is 0 Å². The molecule has 0 aliphatic heterocycles. The van der Waals surface area contributed by atoms with E-state index < -0.39 is 4.92 Å². The predicted octanol–water partition coefficient (Wildman–Crippen LogP) is 3.69. The number of nitrogens with one attached hydrogen (secondary N) is 2. The van der Waals surface area contributed by atoms with Crippen molar-refractivity contribution in [3.05, 3.63) is 87.7 Å². The molecule has 0 atom stereocenters. The number of allylic oxidation sites excluding steroid dienone is 1. The molecular weight excluding hydrogens is 468 g/mol. The summed E-state index contributed by atoms with van der Waals surface area (Å²) in [6.45, 7) is 4.24. The van der Waals surface area contributed by atoms with Crippen LogP contribution in [0.25, 0.3) is 0 Å². The third-order valence-corrected chi connectivity index (χ3v) is 5.50. The second-order valence-electron chi connectivity index (χ2n) is 6.63. The highest BCUT2D eigenvalue weighted by molar-refractivity contribution is 7.99. The van der Waals surface area contributed by atoms with Gasteiger partial charge in [-0.25, -0.2) is 0 Å². The molecule has 0 saturated carbocycles. The van der Waals surface area contributed by atoms with Crippen molar-refractivity contribution < 1.29 is 14.5 Å². The van der Waals surface area contributed by atoms with Crippen LogP contribution in [-0.4, -0.2) is 37.3 Å². The first-order valence-electron chi connectivity index (χ1n) is 9.61. The SMILES string of the molecule is C=CCn1c(CNC(=O)c2cccc(Cl)c2)nnc1SCC(=O)Nc1ccc([N+](=O)[O-])cc1. The molecule has 170 valence electrons. The highest BCUT2D eigenvalue weighted by Crippen LogP contribution is 2.19. The summed E-state index contributed by atoms with van der Waals surface area (Å²) in [7, 11) is 0. The van der Waals surface area contributed by atoms with Crippen LogP contribution in [0.2, 0.25) is 5.02 Å². The van der Waals surface area contributed by atoms with Crippen molar-refractivity contribution >= 4 is 46.6 Å². The van der Waals surface area contributed by atoms with Crippen LogP contribution < -0.4 is 10.6 Å². The summed E-state index contributed by atoms with van der Waals surface area (Å²) in [6, 6.07) is 12.1. The molecule has 12 heteroatoms. The number of hydrogen-bond acceptors (Lipinski definition) is 7. The van der Waals surface area contributed by atoms with Gasteiger partial charge in [0.1, 0.15) is 0 Å². The fraction of sp³-hybridized carbons (Fsp3) is 0.143. The number of hydrogen-bond donors (Lipinski definition) is 2. The molecule has 1 aromatic heterocycles. The Morgan fingerprint density at radius 2 is 1.97 bits per heavy atom. The molecule has 2 amide bonds. The Labute approximate surface area is 198 Å². The lowest BCUT2D eigenvalue weighted by Gasteiger charge is -2.09. The lowest BCUT2D eigenvalue weighted by atomic mass is 10.2. The largest absolute Gasteiger partial charge is 0.345 e. The summed E-state index contributed by atoms with van der Waals surface area (Å²) in [5.41, 5.74) is 0.813. The molecule has 2 N–H and O–H groups in total. The van der Waals surface area contributed by atoms with E-state index in [0.29, 0.717) is 33.8 Å². The normalized spacial score (nSPS) is 10.5. The maximum absolute atomic E-state index is 12.4.